The Balaban J connectivity index is 2.34. The Morgan fingerprint density at radius 2 is 2.24 bits per heavy atom. The van der Waals surface area contributed by atoms with Gasteiger partial charge in [0.15, 0.2) is 0 Å². The van der Waals surface area contributed by atoms with Gasteiger partial charge in [-0.3, -0.25) is 9.78 Å². The molecule has 3 N–H and O–H groups in total. The molecule has 0 bridgehead atoms. The summed E-state index contributed by atoms with van der Waals surface area (Å²) in [6, 6.07) is 4.82. The van der Waals surface area contributed by atoms with E-state index in [9.17, 15) is 9.59 Å². The Morgan fingerprint density at radius 1 is 1.47 bits per heavy atom. The molecule has 17 heavy (non-hydrogen) atoms. The number of hydrogen-bond donors (Lipinski definition) is 3. The lowest BCUT2D eigenvalue weighted by Gasteiger charge is -2.13. The van der Waals surface area contributed by atoms with Crippen LogP contribution in [0.15, 0.2) is 24.4 Å². The molecule has 6 heteroatoms. The minimum absolute atomic E-state index is 0.0919. The lowest BCUT2D eigenvalue weighted by atomic mass is 10.2. The van der Waals surface area contributed by atoms with Gasteiger partial charge in [0.25, 0.3) is 0 Å². The Morgan fingerprint density at radius 3 is 2.82 bits per heavy atom. The first kappa shape index (κ1) is 13.0. The summed E-state index contributed by atoms with van der Waals surface area (Å²) in [5, 5.41) is 13.5. The summed E-state index contributed by atoms with van der Waals surface area (Å²) in [7, 11) is 0. The Labute approximate surface area is 99.1 Å². The van der Waals surface area contributed by atoms with Crippen molar-refractivity contribution >= 4 is 12.0 Å². The molecule has 1 rings (SSSR count). The summed E-state index contributed by atoms with van der Waals surface area (Å²) in [4.78, 5) is 25.7. The van der Waals surface area contributed by atoms with Crippen LogP contribution < -0.4 is 10.6 Å². The molecular formula is C11H15N3O3. The van der Waals surface area contributed by atoms with E-state index in [-0.39, 0.29) is 19.0 Å². The molecule has 92 valence electrons. The molecule has 1 aromatic heterocycles. The number of urea groups is 1. The first-order valence-electron chi connectivity index (χ1n) is 5.26. The van der Waals surface area contributed by atoms with Gasteiger partial charge >= 0.3 is 12.0 Å². The van der Waals surface area contributed by atoms with E-state index in [0.29, 0.717) is 0 Å². The molecule has 0 aliphatic carbocycles. The quantitative estimate of drug-likeness (QED) is 0.710. The number of rotatable bonds is 5. The second kappa shape index (κ2) is 6.47. The van der Waals surface area contributed by atoms with Crippen LogP contribution in [0.4, 0.5) is 4.79 Å². The van der Waals surface area contributed by atoms with Crippen LogP contribution in [-0.4, -0.2) is 28.6 Å². The number of aromatic nitrogens is 1. The van der Waals surface area contributed by atoms with Crippen LogP contribution in [0.5, 0.6) is 0 Å². The van der Waals surface area contributed by atoms with Gasteiger partial charge in [-0.15, -0.1) is 0 Å². The molecule has 1 atom stereocenters. The molecular weight excluding hydrogens is 222 g/mol. The first-order valence-corrected chi connectivity index (χ1v) is 5.26. The lowest BCUT2D eigenvalue weighted by Crippen LogP contribution is -2.38. The average molecular weight is 237 g/mol. The lowest BCUT2D eigenvalue weighted by molar-refractivity contribution is -0.136. The molecule has 1 unspecified atom stereocenters. The van der Waals surface area contributed by atoms with Crippen molar-refractivity contribution in [2.75, 3.05) is 6.54 Å². The van der Waals surface area contributed by atoms with Crippen LogP contribution in [-0.2, 0) is 4.79 Å². The number of carboxylic acid groups (broad SMARTS) is 1. The summed E-state index contributed by atoms with van der Waals surface area (Å²) in [5.41, 5.74) is 0.751. The minimum Gasteiger partial charge on any atom is -0.481 e. The Kier molecular flexibility index (Phi) is 4.93. The normalized spacial score (nSPS) is 11.6. The molecule has 0 radical (unpaired) electrons. The molecule has 0 saturated heterocycles. The number of pyridine rings is 1. The third kappa shape index (κ3) is 4.96. The van der Waals surface area contributed by atoms with Crippen LogP contribution in [0.3, 0.4) is 0 Å². The fourth-order valence-corrected chi connectivity index (χ4v) is 1.24. The van der Waals surface area contributed by atoms with Gasteiger partial charge in [-0.2, -0.15) is 0 Å². The number of carbonyl (C=O) groups is 2. The van der Waals surface area contributed by atoms with Gasteiger partial charge in [0.1, 0.15) is 0 Å². The van der Waals surface area contributed by atoms with E-state index in [1.54, 1.807) is 19.2 Å². The number of carboxylic acids is 1. The van der Waals surface area contributed by atoms with Gasteiger partial charge in [-0.1, -0.05) is 6.07 Å². The topological polar surface area (TPSA) is 91.3 Å². The molecule has 0 spiro atoms. The van der Waals surface area contributed by atoms with Crippen molar-refractivity contribution in [1.82, 2.24) is 15.6 Å². The fraction of sp³-hybridized carbons (Fsp3) is 0.364. The summed E-state index contributed by atoms with van der Waals surface area (Å²) in [6.07, 6.45) is 1.56. The van der Waals surface area contributed by atoms with Crippen LogP contribution in [0, 0.1) is 0 Å². The molecule has 1 heterocycles. The summed E-state index contributed by atoms with van der Waals surface area (Å²) in [5.74, 6) is -0.942. The molecule has 2 amide bonds. The second-order valence-electron chi connectivity index (χ2n) is 3.52. The van der Waals surface area contributed by atoms with Crippen molar-refractivity contribution in [1.29, 1.82) is 0 Å². The molecule has 0 saturated carbocycles. The molecule has 1 aromatic rings. The SMILES string of the molecule is CC(NC(=O)NCCC(=O)O)c1ccccn1. The number of aliphatic carboxylic acids is 1. The van der Waals surface area contributed by atoms with E-state index in [1.165, 1.54) is 0 Å². The van der Waals surface area contributed by atoms with E-state index in [1.807, 2.05) is 12.1 Å². The Bertz CT molecular complexity index is 381. The standard InChI is InChI=1S/C11H15N3O3/c1-8(9-4-2-3-6-12-9)14-11(17)13-7-5-10(15)16/h2-4,6,8H,5,7H2,1H3,(H,15,16)(H2,13,14,17). The highest BCUT2D eigenvalue weighted by Crippen LogP contribution is 2.06. The van der Waals surface area contributed by atoms with Crippen molar-refractivity contribution in [2.45, 2.75) is 19.4 Å². The molecule has 0 aliphatic rings. The van der Waals surface area contributed by atoms with Crippen molar-refractivity contribution in [3.05, 3.63) is 30.1 Å². The fourth-order valence-electron chi connectivity index (χ4n) is 1.24. The van der Waals surface area contributed by atoms with Gasteiger partial charge in [-0.05, 0) is 19.1 Å². The third-order valence-electron chi connectivity index (χ3n) is 2.10. The second-order valence-corrected chi connectivity index (χ2v) is 3.52. The minimum atomic E-state index is -0.942. The zero-order valence-electron chi connectivity index (χ0n) is 9.51. The third-order valence-corrected chi connectivity index (χ3v) is 2.10. The highest BCUT2D eigenvalue weighted by molar-refractivity contribution is 5.75. The van der Waals surface area contributed by atoms with Crippen LogP contribution in [0.25, 0.3) is 0 Å². The number of nitrogens with zero attached hydrogens (tertiary/aromatic N) is 1. The van der Waals surface area contributed by atoms with Gasteiger partial charge in [0, 0.05) is 12.7 Å². The van der Waals surface area contributed by atoms with E-state index >= 15 is 0 Å². The van der Waals surface area contributed by atoms with Gasteiger partial charge in [0.2, 0.25) is 0 Å². The van der Waals surface area contributed by atoms with Crippen molar-refractivity contribution in [3.8, 4) is 0 Å². The maximum atomic E-state index is 11.4. The Hall–Kier alpha value is -2.11. The van der Waals surface area contributed by atoms with E-state index in [4.69, 9.17) is 5.11 Å². The van der Waals surface area contributed by atoms with Gasteiger partial charge in [0.05, 0.1) is 18.2 Å². The smallest absolute Gasteiger partial charge is 0.315 e. The maximum absolute atomic E-state index is 11.4. The monoisotopic (exact) mass is 237 g/mol. The maximum Gasteiger partial charge on any atom is 0.315 e. The van der Waals surface area contributed by atoms with Crippen molar-refractivity contribution in [2.24, 2.45) is 0 Å². The number of hydrogen-bond acceptors (Lipinski definition) is 3. The van der Waals surface area contributed by atoms with E-state index in [0.717, 1.165) is 5.69 Å². The van der Waals surface area contributed by atoms with Crippen LogP contribution in [0.2, 0.25) is 0 Å². The number of nitrogens with one attached hydrogen (secondary N) is 2. The van der Waals surface area contributed by atoms with E-state index in [2.05, 4.69) is 15.6 Å². The highest BCUT2D eigenvalue weighted by atomic mass is 16.4. The summed E-state index contributed by atoms with van der Waals surface area (Å²) >= 11 is 0. The molecule has 0 aliphatic heterocycles. The van der Waals surface area contributed by atoms with Crippen molar-refractivity contribution < 1.29 is 14.7 Å². The van der Waals surface area contributed by atoms with Crippen molar-refractivity contribution in [3.63, 3.8) is 0 Å². The van der Waals surface area contributed by atoms with E-state index < -0.39 is 12.0 Å². The zero-order chi connectivity index (χ0) is 12.7. The molecule has 6 nitrogen and oxygen atoms in total. The summed E-state index contributed by atoms with van der Waals surface area (Å²) in [6.45, 7) is 1.91. The van der Waals surface area contributed by atoms with Gasteiger partial charge in [-0.25, -0.2) is 4.79 Å². The zero-order valence-corrected chi connectivity index (χ0v) is 9.51. The number of amides is 2. The highest BCUT2D eigenvalue weighted by Gasteiger charge is 2.09. The molecule has 0 aromatic carbocycles. The largest absolute Gasteiger partial charge is 0.481 e. The summed E-state index contributed by atoms with van der Waals surface area (Å²) < 4.78 is 0. The van der Waals surface area contributed by atoms with Gasteiger partial charge < -0.3 is 15.7 Å². The average Bonchev–Trinajstić information content (AvgIpc) is 2.29. The number of carbonyl (C=O) groups excluding carboxylic acids is 1. The molecule has 0 fully saturated rings. The predicted molar refractivity (Wildman–Crippen MR) is 61.4 cm³/mol. The van der Waals surface area contributed by atoms with Crippen LogP contribution >= 0.6 is 0 Å². The first-order chi connectivity index (χ1) is 8.09. The van der Waals surface area contributed by atoms with Crippen LogP contribution in [0.1, 0.15) is 25.1 Å². The predicted octanol–water partition coefficient (Wildman–Crippen LogP) is 0.916.